The molecule has 1 saturated heterocycles. The van der Waals surface area contributed by atoms with Crippen LogP contribution in [0.25, 0.3) is 0 Å². The maximum atomic E-state index is 12.7. The van der Waals surface area contributed by atoms with Crippen LogP contribution in [0.3, 0.4) is 0 Å². The Kier molecular flexibility index (Phi) is 3.66. The number of piperidine rings is 1. The lowest BCUT2D eigenvalue weighted by Crippen LogP contribution is -2.40. The number of carbonyl (C=O) groups excluding carboxylic acids is 1. The third-order valence-corrected chi connectivity index (χ3v) is 5.99. The highest BCUT2D eigenvalue weighted by Crippen LogP contribution is 2.49. The Morgan fingerprint density at radius 1 is 1.32 bits per heavy atom. The largest absolute Gasteiger partial charge is 0.342 e. The predicted octanol–water partition coefficient (Wildman–Crippen LogP) is 2.91. The summed E-state index contributed by atoms with van der Waals surface area (Å²) in [4.78, 5) is 19.1. The van der Waals surface area contributed by atoms with Crippen molar-refractivity contribution in [1.82, 2.24) is 15.0 Å². The van der Waals surface area contributed by atoms with E-state index in [1.165, 1.54) is 25.7 Å². The first-order valence-corrected chi connectivity index (χ1v) is 8.77. The zero-order valence-corrected chi connectivity index (χ0v) is 13.3. The van der Waals surface area contributed by atoms with E-state index >= 15 is 0 Å². The third-order valence-electron chi connectivity index (χ3n) is 5.99. The minimum absolute atomic E-state index is 0.221. The van der Waals surface area contributed by atoms with Gasteiger partial charge in [-0.2, -0.15) is 4.98 Å². The fraction of sp³-hybridized carbons (Fsp3) is 0.824. The van der Waals surface area contributed by atoms with Gasteiger partial charge in [0, 0.05) is 19.5 Å². The second kappa shape index (κ2) is 5.67. The van der Waals surface area contributed by atoms with Crippen LogP contribution in [0.1, 0.15) is 62.6 Å². The van der Waals surface area contributed by atoms with E-state index in [1.54, 1.807) is 0 Å². The van der Waals surface area contributed by atoms with Crippen LogP contribution in [-0.2, 0) is 4.79 Å². The summed E-state index contributed by atoms with van der Waals surface area (Å²) in [5.41, 5.74) is 0. The predicted molar refractivity (Wildman–Crippen MR) is 81.1 cm³/mol. The van der Waals surface area contributed by atoms with Crippen molar-refractivity contribution in [2.45, 2.75) is 57.8 Å². The van der Waals surface area contributed by atoms with Crippen LogP contribution in [0.4, 0.5) is 0 Å². The number of carbonyl (C=O) groups is 1. The van der Waals surface area contributed by atoms with E-state index in [2.05, 4.69) is 10.1 Å². The topological polar surface area (TPSA) is 59.2 Å². The van der Waals surface area contributed by atoms with E-state index in [0.29, 0.717) is 23.5 Å². The van der Waals surface area contributed by atoms with Gasteiger partial charge in [0.05, 0.1) is 5.92 Å². The van der Waals surface area contributed by atoms with E-state index in [9.17, 15) is 4.79 Å². The second-order valence-electron chi connectivity index (χ2n) is 7.50. The molecule has 4 atom stereocenters. The SMILES string of the molecule is Cc1noc([C@H]2CCCN(C(=O)C[C@H]3C[C@H]4CC[C@H]3C4)C2)n1. The molecule has 2 heterocycles. The van der Waals surface area contributed by atoms with E-state index in [-0.39, 0.29) is 5.92 Å². The molecule has 3 aliphatic rings. The molecule has 4 rings (SSSR count). The normalized spacial score (nSPS) is 34.3. The lowest BCUT2D eigenvalue weighted by Gasteiger charge is -2.32. The maximum absolute atomic E-state index is 12.7. The monoisotopic (exact) mass is 303 g/mol. The minimum atomic E-state index is 0.221. The van der Waals surface area contributed by atoms with Crippen LogP contribution < -0.4 is 0 Å². The van der Waals surface area contributed by atoms with Crippen LogP contribution in [0.5, 0.6) is 0 Å². The highest BCUT2D eigenvalue weighted by Gasteiger charge is 2.41. The highest BCUT2D eigenvalue weighted by molar-refractivity contribution is 5.76. The molecular formula is C17H25N3O2. The third kappa shape index (κ3) is 2.66. The molecule has 5 heteroatoms. The zero-order chi connectivity index (χ0) is 15.1. The van der Waals surface area contributed by atoms with Gasteiger partial charge >= 0.3 is 0 Å². The van der Waals surface area contributed by atoms with Crippen LogP contribution in [0.2, 0.25) is 0 Å². The Balaban J connectivity index is 1.36. The lowest BCUT2D eigenvalue weighted by molar-refractivity contribution is -0.134. The first-order valence-electron chi connectivity index (χ1n) is 8.77. The number of nitrogens with zero attached hydrogens (tertiary/aromatic N) is 3. The molecule has 1 aromatic heterocycles. The van der Waals surface area contributed by atoms with Gasteiger partial charge in [-0.3, -0.25) is 4.79 Å². The molecule has 0 N–H and O–H groups in total. The average molecular weight is 303 g/mol. The molecule has 22 heavy (non-hydrogen) atoms. The van der Waals surface area contributed by atoms with Crippen LogP contribution in [-0.4, -0.2) is 34.0 Å². The van der Waals surface area contributed by atoms with Crippen molar-refractivity contribution >= 4 is 5.91 Å². The van der Waals surface area contributed by atoms with E-state index in [4.69, 9.17) is 4.52 Å². The summed E-state index contributed by atoms with van der Waals surface area (Å²) in [6.07, 6.45) is 8.26. The van der Waals surface area contributed by atoms with Gasteiger partial charge in [0.2, 0.25) is 11.8 Å². The first-order chi connectivity index (χ1) is 10.7. The number of aryl methyl sites for hydroxylation is 1. The fourth-order valence-corrected chi connectivity index (χ4v) is 4.86. The molecule has 1 amide bonds. The summed E-state index contributed by atoms with van der Waals surface area (Å²) in [6.45, 7) is 3.48. The molecule has 1 aliphatic heterocycles. The number of aromatic nitrogens is 2. The average Bonchev–Trinajstić information content (AvgIpc) is 3.24. The number of fused-ring (bicyclic) bond motifs is 2. The standard InChI is InChI=1S/C17H25N3O2/c1-11-18-17(22-19-11)14-3-2-6-20(10-14)16(21)9-15-8-12-4-5-13(15)7-12/h12-15H,2-10H2,1H3/t12-,13-,14-,15+/m0/s1. The summed E-state index contributed by atoms with van der Waals surface area (Å²) in [5, 5.41) is 3.88. The molecule has 0 aromatic carbocycles. The molecule has 0 radical (unpaired) electrons. The molecule has 120 valence electrons. The molecule has 5 nitrogen and oxygen atoms in total. The second-order valence-corrected chi connectivity index (χ2v) is 7.50. The van der Waals surface area contributed by atoms with Gasteiger partial charge in [-0.15, -0.1) is 0 Å². The number of likely N-dealkylation sites (tertiary alicyclic amines) is 1. The van der Waals surface area contributed by atoms with Gasteiger partial charge in [0.15, 0.2) is 5.82 Å². The van der Waals surface area contributed by atoms with Crippen LogP contribution >= 0.6 is 0 Å². The summed E-state index contributed by atoms with van der Waals surface area (Å²) in [6, 6.07) is 0. The first kappa shape index (κ1) is 14.2. The van der Waals surface area contributed by atoms with Gasteiger partial charge < -0.3 is 9.42 Å². The summed E-state index contributed by atoms with van der Waals surface area (Å²) in [5.74, 6) is 4.34. The summed E-state index contributed by atoms with van der Waals surface area (Å²) >= 11 is 0. The van der Waals surface area contributed by atoms with Gasteiger partial charge in [-0.25, -0.2) is 0 Å². The lowest BCUT2D eigenvalue weighted by atomic mass is 9.86. The van der Waals surface area contributed by atoms with Crippen LogP contribution in [0, 0.1) is 24.7 Å². The van der Waals surface area contributed by atoms with Crippen molar-refractivity contribution in [1.29, 1.82) is 0 Å². The van der Waals surface area contributed by atoms with Crippen molar-refractivity contribution in [2.75, 3.05) is 13.1 Å². The molecule has 2 aliphatic carbocycles. The number of hydrogen-bond acceptors (Lipinski definition) is 4. The number of rotatable bonds is 3. The Morgan fingerprint density at radius 3 is 2.91 bits per heavy atom. The van der Waals surface area contributed by atoms with Gasteiger partial charge in [-0.1, -0.05) is 11.6 Å². The molecular weight excluding hydrogens is 278 g/mol. The number of hydrogen-bond donors (Lipinski definition) is 0. The minimum Gasteiger partial charge on any atom is -0.342 e. The van der Waals surface area contributed by atoms with Gasteiger partial charge in [0.25, 0.3) is 0 Å². The summed E-state index contributed by atoms with van der Waals surface area (Å²) < 4.78 is 5.31. The smallest absolute Gasteiger partial charge is 0.231 e. The summed E-state index contributed by atoms with van der Waals surface area (Å²) in [7, 11) is 0. The van der Waals surface area contributed by atoms with Crippen molar-refractivity contribution in [3.05, 3.63) is 11.7 Å². The molecule has 0 spiro atoms. The van der Waals surface area contributed by atoms with Gasteiger partial charge in [-0.05, 0) is 56.8 Å². The maximum Gasteiger partial charge on any atom is 0.231 e. The van der Waals surface area contributed by atoms with Crippen LogP contribution in [0.15, 0.2) is 4.52 Å². The fourth-order valence-electron chi connectivity index (χ4n) is 4.86. The highest BCUT2D eigenvalue weighted by atomic mass is 16.5. The Hall–Kier alpha value is -1.39. The zero-order valence-electron chi connectivity index (χ0n) is 13.3. The number of amides is 1. The van der Waals surface area contributed by atoms with Crippen molar-refractivity contribution in [3.63, 3.8) is 0 Å². The quantitative estimate of drug-likeness (QED) is 0.861. The Bertz CT molecular complexity index is 556. The van der Waals surface area contributed by atoms with E-state index in [0.717, 1.165) is 44.2 Å². The Morgan fingerprint density at radius 2 is 2.23 bits per heavy atom. The molecule has 0 unspecified atom stereocenters. The molecule has 3 fully saturated rings. The van der Waals surface area contributed by atoms with Gasteiger partial charge in [0.1, 0.15) is 0 Å². The molecule has 1 aromatic rings. The molecule has 2 bridgehead atoms. The van der Waals surface area contributed by atoms with Crippen molar-refractivity contribution in [3.8, 4) is 0 Å². The van der Waals surface area contributed by atoms with Crippen molar-refractivity contribution < 1.29 is 9.32 Å². The Labute approximate surface area is 131 Å². The van der Waals surface area contributed by atoms with E-state index < -0.39 is 0 Å². The van der Waals surface area contributed by atoms with E-state index in [1.807, 2.05) is 11.8 Å². The molecule has 2 saturated carbocycles. The van der Waals surface area contributed by atoms with Crippen molar-refractivity contribution in [2.24, 2.45) is 17.8 Å².